The molecule has 0 radical (unpaired) electrons. The molecule has 0 unspecified atom stereocenters. The predicted molar refractivity (Wildman–Crippen MR) is 118 cm³/mol. The van der Waals surface area contributed by atoms with Gasteiger partial charge in [-0.05, 0) is 28.1 Å². The second kappa shape index (κ2) is 9.29. The summed E-state index contributed by atoms with van der Waals surface area (Å²) in [6, 6.07) is 31.0. The van der Waals surface area contributed by atoms with Crippen LogP contribution in [0.15, 0.2) is 103 Å². The fourth-order valence-corrected chi connectivity index (χ4v) is 7.93. The molecule has 136 valence electrons. The molecule has 1 nitrogen and oxygen atoms in total. The maximum Gasteiger partial charge on any atom is 0.229 e. The molecule has 0 atom stereocenters. The fourth-order valence-electron chi connectivity index (χ4n) is 3.63. The van der Waals surface area contributed by atoms with Crippen molar-refractivity contribution in [2.45, 2.75) is 26.2 Å². The summed E-state index contributed by atoms with van der Waals surface area (Å²) in [6.07, 6.45) is 7.10. The standard InChI is InChI=1S/C25H26OSi/c1-2-3-4-14-21-25(26)27(22-15-8-5-9-16-22,23-17-10-6-11-18-23)24-19-12-7-13-20-24/h5-21H,2-4H2,1H3/b21-14+. The van der Waals surface area contributed by atoms with Gasteiger partial charge in [-0.2, -0.15) is 0 Å². The van der Waals surface area contributed by atoms with Crippen LogP contribution in [0.2, 0.25) is 0 Å². The Morgan fingerprint density at radius 3 is 1.52 bits per heavy atom. The van der Waals surface area contributed by atoms with Crippen LogP contribution in [0, 0.1) is 0 Å². The lowest BCUT2D eigenvalue weighted by Gasteiger charge is -2.31. The third-order valence-corrected chi connectivity index (χ3v) is 9.49. The summed E-state index contributed by atoms with van der Waals surface area (Å²) in [4.78, 5) is 13.8. The first-order valence-electron chi connectivity index (χ1n) is 9.67. The van der Waals surface area contributed by atoms with E-state index in [2.05, 4.69) is 49.4 Å². The highest BCUT2D eigenvalue weighted by Gasteiger charge is 2.45. The third kappa shape index (κ3) is 4.01. The van der Waals surface area contributed by atoms with Crippen molar-refractivity contribution in [3.05, 3.63) is 103 Å². The quantitative estimate of drug-likeness (QED) is 0.253. The van der Waals surface area contributed by atoms with Gasteiger partial charge in [-0.3, -0.25) is 4.79 Å². The van der Waals surface area contributed by atoms with Crippen LogP contribution in [0.4, 0.5) is 0 Å². The molecule has 27 heavy (non-hydrogen) atoms. The minimum atomic E-state index is -2.81. The van der Waals surface area contributed by atoms with Gasteiger partial charge in [-0.25, -0.2) is 0 Å². The molecular weight excluding hydrogens is 344 g/mol. The Morgan fingerprint density at radius 2 is 1.15 bits per heavy atom. The number of rotatable bonds is 8. The van der Waals surface area contributed by atoms with Crippen LogP contribution < -0.4 is 15.6 Å². The molecule has 3 aromatic rings. The lowest BCUT2D eigenvalue weighted by atomic mass is 10.2. The van der Waals surface area contributed by atoms with Crippen LogP contribution in [0.25, 0.3) is 0 Å². The minimum absolute atomic E-state index is 0.238. The molecule has 0 aromatic heterocycles. The lowest BCUT2D eigenvalue weighted by molar-refractivity contribution is -0.108. The number of carbonyl (C=O) groups excluding carboxylic acids is 1. The van der Waals surface area contributed by atoms with Crippen molar-refractivity contribution in [1.82, 2.24) is 0 Å². The van der Waals surface area contributed by atoms with Crippen molar-refractivity contribution in [3.63, 3.8) is 0 Å². The Hall–Kier alpha value is -2.71. The molecule has 0 bridgehead atoms. The fraction of sp³-hybridized carbons (Fsp3) is 0.160. The van der Waals surface area contributed by atoms with Crippen LogP contribution in [-0.4, -0.2) is 13.5 Å². The second-order valence-corrected chi connectivity index (χ2v) is 10.5. The maximum absolute atomic E-state index is 13.8. The lowest BCUT2D eigenvalue weighted by Crippen LogP contribution is -2.72. The largest absolute Gasteiger partial charge is 0.299 e. The van der Waals surface area contributed by atoms with E-state index in [1.54, 1.807) is 0 Å². The molecule has 0 fully saturated rings. The van der Waals surface area contributed by atoms with E-state index in [0.29, 0.717) is 0 Å². The van der Waals surface area contributed by atoms with Gasteiger partial charge in [0.05, 0.1) is 0 Å². The second-order valence-electron chi connectivity index (χ2n) is 6.76. The Labute approximate surface area is 163 Å². The van der Waals surface area contributed by atoms with E-state index in [-0.39, 0.29) is 5.41 Å². The predicted octanol–water partition coefficient (Wildman–Crippen LogP) is 4.01. The maximum atomic E-state index is 13.8. The van der Waals surface area contributed by atoms with Crippen LogP contribution in [0.1, 0.15) is 26.2 Å². The molecule has 0 N–H and O–H groups in total. The van der Waals surface area contributed by atoms with E-state index >= 15 is 0 Å². The summed E-state index contributed by atoms with van der Waals surface area (Å²) in [6.45, 7) is 2.17. The van der Waals surface area contributed by atoms with Crippen molar-refractivity contribution in [2.75, 3.05) is 0 Å². The van der Waals surface area contributed by atoms with Crippen LogP contribution in [0.5, 0.6) is 0 Å². The zero-order chi connectivity index (χ0) is 19.0. The Bertz CT molecular complexity index is 773. The van der Waals surface area contributed by atoms with Gasteiger partial charge >= 0.3 is 0 Å². The molecule has 0 amide bonds. The van der Waals surface area contributed by atoms with Gasteiger partial charge in [0.2, 0.25) is 8.07 Å². The van der Waals surface area contributed by atoms with Crippen LogP contribution in [-0.2, 0) is 4.79 Å². The van der Waals surface area contributed by atoms with Crippen molar-refractivity contribution in [2.24, 2.45) is 0 Å². The monoisotopic (exact) mass is 370 g/mol. The molecule has 0 saturated carbocycles. The molecule has 0 aliphatic carbocycles. The first-order chi connectivity index (χ1) is 13.3. The molecule has 0 heterocycles. The van der Waals surface area contributed by atoms with E-state index < -0.39 is 8.07 Å². The first kappa shape index (κ1) is 19.1. The summed E-state index contributed by atoms with van der Waals surface area (Å²) < 4.78 is 0. The van der Waals surface area contributed by atoms with E-state index in [9.17, 15) is 4.79 Å². The number of unbranched alkanes of at least 4 members (excludes halogenated alkanes) is 2. The number of carbonyl (C=O) groups is 1. The summed E-state index contributed by atoms with van der Waals surface area (Å²) >= 11 is 0. The van der Waals surface area contributed by atoms with E-state index in [1.165, 1.54) is 0 Å². The Balaban J connectivity index is 2.23. The zero-order valence-electron chi connectivity index (χ0n) is 15.8. The first-order valence-corrected chi connectivity index (χ1v) is 11.7. The highest BCUT2D eigenvalue weighted by molar-refractivity contribution is 7.30. The minimum Gasteiger partial charge on any atom is -0.299 e. The molecule has 0 aliphatic rings. The van der Waals surface area contributed by atoms with Gasteiger partial charge in [0.15, 0.2) is 0 Å². The smallest absolute Gasteiger partial charge is 0.229 e. The van der Waals surface area contributed by atoms with E-state index in [4.69, 9.17) is 0 Å². The third-order valence-electron chi connectivity index (χ3n) is 4.98. The molecule has 3 aromatic carbocycles. The van der Waals surface area contributed by atoms with Crippen LogP contribution in [0.3, 0.4) is 0 Å². The Morgan fingerprint density at radius 1 is 0.741 bits per heavy atom. The number of allylic oxidation sites excluding steroid dienone is 2. The van der Waals surface area contributed by atoms with Crippen molar-refractivity contribution in [3.8, 4) is 0 Å². The molecule has 3 rings (SSSR count). The molecule has 0 saturated heterocycles. The zero-order valence-corrected chi connectivity index (χ0v) is 16.8. The average molecular weight is 371 g/mol. The number of benzene rings is 3. The summed E-state index contributed by atoms with van der Waals surface area (Å²) in [5.41, 5.74) is 0. The molecule has 2 heteroatoms. The summed E-state index contributed by atoms with van der Waals surface area (Å²) in [5.74, 6) is 0. The van der Waals surface area contributed by atoms with Gasteiger partial charge in [-0.15, -0.1) is 0 Å². The molecular formula is C25H26OSi. The van der Waals surface area contributed by atoms with Crippen molar-refractivity contribution < 1.29 is 4.79 Å². The molecule has 0 aliphatic heterocycles. The van der Waals surface area contributed by atoms with Gasteiger partial charge in [0.25, 0.3) is 0 Å². The van der Waals surface area contributed by atoms with Crippen molar-refractivity contribution >= 4 is 29.0 Å². The highest BCUT2D eigenvalue weighted by atomic mass is 28.3. The molecule has 0 spiro atoms. The van der Waals surface area contributed by atoms with Crippen LogP contribution >= 0.6 is 0 Å². The average Bonchev–Trinajstić information content (AvgIpc) is 2.74. The summed E-state index contributed by atoms with van der Waals surface area (Å²) in [5, 5.41) is 3.63. The van der Waals surface area contributed by atoms with Gasteiger partial charge in [-0.1, -0.05) is 117 Å². The van der Waals surface area contributed by atoms with Gasteiger partial charge in [0, 0.05) is 0 Å². The topological polar surface area (TPSA) is 17.1 Å². The number of hydrogen-bond donors (Lipinski definition) is 0. The van der Waals surface area contributed by atoms with E-state index in [1.807, 2.05) is 60.7 Å². The Kier molecular flexibility index (Phi) is 6.56. The summed E-state index contributed by atoms with van der Waals surface area (Å²) in [7, 11) is -2.81. The number of hydrogen-bond acceptors (Lipinski definition) is 1. The van der Waals surface area contributed by atoms with E-state index in [0.717, 1.165) is 34.8 Å². The SMILES string of the molecule is CCCC/C=C/C(=O)[Si](c1ccccc1)(c1ccccc1)c1ccccc1. The van der Waals surface area contributed by atoms with Crippen molar-refractivity contribution in [1.29, 1.82) is 0 Å². The van der Waals surface area contributed by atoms with Gasteiger partial charge < -0.3 is 0 Å². The highest BCUT2D eigenvalue weighted by Crippen LogP contribution is 2.11. The normalized spacial score (nSPS) is 11.6. The van der Waals surface area contributed by atoms with Gasteiger partial charge in [0.1, 0.15) is 5.41 Å².